The van der Waals surface area contributed by atoms with Gasteiger partial charge in [-0.2, -0.15) is 0 Å². The molecule has 7 heteroatoms. The van der Waals surface area contributed by atoms with E-state index < -0.39 is 0 Å². The van der Waals surface area contributed by atoms with Gasteiger partial charge < -0.3 is 10.1 Å². The molecule has 0 saturated carbocycles. The average Bonchev–Trinajstić information content (AvgIpc) is 3.05. The fourth-order valence-corrected chi connectivity index (χ4v) is 2.47. The number of amides is 1. The van der Waals surface area contributed by atoms with Gasteiger partial charge in [0.2, 0.25) is 0 Å². The highest BCUT2D eigenvalue weighted by molar-refractivity contribution is 7.08. The molecule has 3 aromatic rings. The van der Waals surface area contributed by atoms with E-state index in [1.54, 1.807) is 31.5 Å². The Bertz CT molecular complexity index is 772. The maximum atomic E-state index is 12.3. The van der Waals surface area contributed by atoms with Crippen molar-refractivity contribution >= 4 is 23.3 Å². The average molecular weight is 312 g/mol. The zero-order valence-corrected chi connectivity index (χ0v) is 12.5. The fraction of sp³-hybridized carbons (Fsp3) is 0.0667. The number of nitrogens with zero attached hydrogens (tertiary/aromatic N) is 3. The lowest BCUT2D eigenvalue weighted by Gasteiger charge is -2.04. The van der Waals surface area contributed by atoms with Crippen molar-refractivity contribution < 1.29 is 9.53 Å². The molecule has 2 aromatic heterocycles. The van der Waals surface area contributed by atoms with E-state index in [2.05, 4.69) is 19.9 Å². The van der Waals surface area contributed by atoms with Crippen molar-refractivity contribution in [3.8, 4) is 17.0 Å². The summed E-state index contributed by atoms with van der Waals surface area (Å²) in [6.07, 6.45) is 1.62. The lowest BCUT2D eigenvalue weighted by atomic mass is 10.1. The lowest BCUT2D eigenvalue weighted by molar-refractivity contribution is 0.103. The third-order valence-corrected chi connectivity index (χ3v) is 3.69. The van der Waals surface area contributed by atoms with Gasteiger partial charge in [0.25, 0.3) is 5.91 Å². The smallest absolute Gasteiger partial charge is 0.270 e. The molecule has 0 radical (unpaired) electrons. The van der Waals surface area contributed by atoms with Crippen molar-refractivity contribution in [1.82, 2.24) is 14.6 Å². The summed E-state index contributed by atoms with van der Waals surface area (Å²) in [5, 5.41) is 6.78. The minimum atomic E-state index is -0.278. The fourth-order valence-electron chi connectivity index (χ4n) is 1.89. The second-order valence-corrected chi connectivity index (χ2v) is 5.10. The van der Waals surface area contributed by atoms with Crippen LogP contribution >= 0.6 is 11.5 Å². The van der Waals surface area contributed by atoms with Crippen LogP contribution in [0.3, 0.4) is 0 Å². The van der Waals surface area contributed by atoms with Gasteiger partial charge in [-0.25, -0.2) is 4.98 Å². The maximum absolute atomic E-state index is 12.3. The molecule has 22 heavy (non-hydrogen) atoms. The van der Waals surface area contributed by atoms with Crippen molar-refractivity contribution in [2.75, 3.05) is 12.4 Å². The Morgan fingerprint density at radius 1 is 1.18 bits per heavy atom. The number of ether oxygens (including phenoxy) is 1. The summed E-state index contributed by atoms with van der Waals surface area (Å²) >= 11 is 1.05. The van der Waals surface area contributed by atoms with Crippen molar-refractivity contribution in [2.45, 2.75) is 0 Å². The minimum absolute atomic E-state index is 0.278. The van der Waals surface area contributed by atoms with Crippen LogP contribution in [0.15, 0.2) is 48.7 Å². The third-order valence-electron chi connectivity index (χ3n) is 2.96. The van der Waals surface area contributed by atoms with Gasteiger partial charge in [0.1, 0.15) is 22.1 Å². The van der Waals surface area contributed by atoms with Crippen molar-refractivity contribution in [3.05, 3.63) is 53.5 Å². The van der Waals surface area contributed by atoms with Crippen LogP contribution in [0.1, 0.15) is 9.67 Å². The SMILES string of the molecule is COc1ccc(-c2nnsc2C(=O)Nc2ccccn2)cc1. The van der Waals surface area contributed by atoms with E-state index in [4.69, 9.17) is 4.74 Å². The summed E-state index contributed by atoms with van der Waals surface area (Å²) in [7, 11) is 1.60. The molecule has 0 saturated heterocycles. The number of hydrogen-bond donors (Lipinski definition) is 1. The molecule has 0 bridgehead atoms. The van der Waals surface area contributed by atoms with Gasteiger partial charge in [0.15, 0.2) is 0 Å². The molecule has 0 spiro atoms. The number of benzene rings is 1. The van der Waals surface area contributed by atoms with Gasteiger partial charge in [-0.3, -0.25) is 4.79 Å². The molecular formula is C15H12N4O2S. The first-order valence-corrected chi connectivity index (χ1v) is 7.24. The molecule has 0 aliphatic carbocycles. The van der Waals surface area contributed by atoms with Crippen LogP contribution < -0.4 is 10.1 Å². The van der Waals surface area contributed by atoms with Gasteiger partial charge in [0.05, 0.1) is 7.11 Å². The van der Waals surface area contributed by atoms with Gasteiger partial charge >= 0.3 is 0 Å². The van der Waals surface area contributed by atoms with Gasteiger partial charge in [-0.05, 0) is 47.9 Å². The molecule has 6 nitrogen and oxygen atoms in total. The molecule has 1 N–H and O–H groups in total. The molecular weight excluding hydrogens is 300 g/mol. The van der Waals surface area contributed by atoms with Gasteiger partial charge in [0, 0.05) is 11.8 Å². The number of hydrogen-bond acceptors (Lipinski definition) is 6. The van der Waals surface area contributed by atoms with Crippen molar-refractivity contribution in [3.63, 3.8) is 0 Å². The number of methoxy groups -OCH3 is 1. The van der Waals surface area contributed by atoms with Crippen LogP contribution in [-0.2, 0) is 0 Å². The maximum Gasteiger partial charge on any atom is 0.270 e. The van der Waals surface area contributed by atoms with Crippen molar-refractivity contribution in [2.24, 2.45) is 0 Å². The van der Waals surface area contributed by atoms with Crippen LogP contribution in [0.5, 0.6) is 5.75 Å². The topological polar surface area (TPSA) is 77.0 Å². The monoisotopic (exact) mass is 312 g/mol. The van der Waals surface area contributed by atoms with E-state index in [0.717, 1.165) is 22.8 Å². The summed E-state index contributed by atoms with van der Waals surface area (Å²) in [6.45, 7) is 0. The summed E-state index contributed by atoms with van der Waals surface area (Å²) < 4.78 is 9.01. The zero-order chi connectivity index (χ0) is 15.4. The molecule has 0 aliphatic heterocycles. The van der Waals surface area contributed by atoms with E-state index in [1.165, 1.54) is 0 Å². The Morgan fingerprint density at radius 2 is 2.00 bits per heavy atom. The number of rotatable bonds is 4. The molecule has 110 valence electrons. The largest absolute Gasteiger partial charge is 0.497 e. The Labute approximate surface area is 131 Å². The van der Waals surface area contributed by atoms with Gasteiger partial charge in [-0.1, -0.05) is 10.6 Å². The Balaban J connectivity index is 1.86. The number of carbonyl (C=O) groups is 1. The van der Waals surface area contributed by atoms with E-state index in [-0.39, 0.29) is 5.91 Å². The van der Waals surface area contributed by atoms with Crippen LogP contribution in [0.25, 0.3) is 11.3 Å². The zero-order valence-electron chi connectivity index (χ0n) is 11.7. The highest BCUT2D eigenvalue weighted by Crippen LogP contribution is 2.26. The minimum Gasteiger partial charge on any atom is -0.497 e. The molecule has 2 heterocycles. The predicted octanol–water partition coefficient (Wildman–Crippen LogP) is 2.86. The Morgan fingerprint density at radius 3 is 2.68 bits per heavy atom. The number of carbonyl (C=O) groups excluding carboxylic acids is 1. The van der Waals surface area contributed by atoms with E-state index in [9.17, 15) is 4.79 Å². The molecule has 0 unspecified atom stereocenters. The summed E-state index contributed by atoms with van der Waals surface area (Å²) in [6, 6.07) is 12.6. The van der Waals surface area contributed by atoms with E-state index in [0.29, 0.717) is 16.4 Å². The molecule has 0 aliphatic rings. The first-order valence-electron chi connectivity index (χ1n) is 6.47. The standard InChI is InChI=1S/C15H12N4O2S/c1-21-11-7-5-10(6-8-11)13-14(22-19-18-13)15(20)17-12-4-2-3-9-16-12/h2-9H,1H3,(H,16,17,20). The third kappa shape index (κ3) is 2.94. The summed E-state index contributed by atoms with van der Waals surface area (Å²) in [4.78, 5) is 16.9. The second-order valence-electron chi connectivity index (χ2n) is 4.35. The first kappa shape index (κ1) is 14.2. The summed E-state index contributed by atoms with van der Waals surface area (Å²) in [5.41, 5.74) is 1.35. The van der Waals surface area contributed by atoms with E-state index in [1.807, 2.05) is 24.3 Å². The van der Waals surface area contributed by atoms with Crippen LogP contribution in [0.4, 0.5) is 5.82 Å². The second kappa shape index (κ2) is 6.31. The highest BCUT2D eigenvalue weighted by atomic mass is 32.1. The molecule has 3 rings (SSSR count). The van der Waals surface area contributed by atoms with Crippen molar-refractivity contribution in [1.29, 1.82) is 0 Å². The molecule has 0 fully saturated rings. The van der Waals surface area contributed by atoms with Crippen LogP contribution in [0, 0.1) is 0 Å². The number of anilines is 1. The first-order chi connectivity index (χ1) is 10.8. The predicted molar refractivity (Wildman–Crippen MR) is 84.1 cm³/mol. The Kier molecular flexibility index (Phi) is 4.06. The highest BCUT2D eigenvalue weighted by Gasteiger charge is 2.18. The lowest BCUT2D eigenvalue weighted by Crippen LogP contribution is -2.12. The molecule has 0 atom stereocenters. The van der Waals surface area contributed by atoms with Crippen LogP contribution in [-0.4, -0.2) is 27.6 Å². The molecule has 1 aromatic carbocycles. The number of nitrogens with one attached hydrogen (secondary N) is 1. The van der Waals surface area contributed by atoms with E-state index >= 15 is 0 Å². The van der Waals surface area contributed by atoms with Gasteiger partial charge in [-0.15, -0.1) is 5.10 Å². The normalized spacial score (nSPS) is 10.2. The quantitative estimate of drug-likeness (QED) is 0.801. The van der Waals surface area contributed by atoms with Crippen LogP contribution in [0.2, 0.25) is 0 Å². The summed E-state index contributed by atoms with van der Waals surface area (Å²) in [5.74, 6) is 0.951. The Hall–Kier alpha value is -2.80. The number of pyridine rings is 1. The number of aromatic nitrogens is 3. The molecule has 1 amide bonds.